The molecule has 0 aliphatic carbocycles. The number of nitrogens with one attached hydrogen (secondary N) is 1. The van der Waals surface area contributed by atoms with Crippen LogP contribution in [0.15, 0.2) is 30.3 Å². The summed E-state index contributed by atoms with van der Waals surface area (Å²) in [5, 5.41) is 3.48. The van der Waals surface area contributed by atoms with Crippen LogP contribution in [0.3, 0.4) is 0 Å². The lowest BCUT2D eigenvalue weighted by molar-refractivity contribution is 0.102. The van der Waals surface area contributed by atoms with Crippen molar-refractivity contribution in [3.05, 3.63) is 56.8 Å². The molecule has 0 saturated carbocycles. The summed E-state index contributed by atoms with van der Waals surface area (Å²) >= 11 is 17.5. The minimum absolute atomic E-state index is 0.160. The summed E-state index contributed by atoms with van der Waals surface area (Å²) in [6.45, 7) is 1.92. The molecule has 0 fully saturated rings. The minimum Gasteiger partial charge on any atom is -0.321 e. The first-order valence-electron chi connectivity index (χ1n) is 5.36. The highest BCUT2D eigenvalue weighted by Crippen LogP contribution is 2.24. The van der Waals surface area contributed by atoms with Crippen molar-refractivity contribution in [2.24, 2.45) is 0 Å². The molecule has 1 amide bonds. The van der Waals surface area contributed by atoms with Crippen LogP contribution >= 0.6 is 34.8 Å². The van der Waals surface area contributed by atoms with Gasteiger partial charge in [-0.25, -0.2) is 4.98 Å². The van der Waals surface area contributed by atoms with Crippen molar-refractivity contribution < 1.29 is 4.79 Å². The van der Waals surface area contributed by atoms with Crippen molar-refractivity contribution >= 4 is 46.4 Å². The third-order valence-electron chi connectivity index (χ3n) is 2.40. The summed E-state index contributed by atoms with van der Waals surface area (Å²) in [4.78, 5) is 15.8. The molecular formula is C13H9Cl3N2O. The molecule has 0 radical (unpaired) electrons. The number of benzene rings is 1. The zero-order valence-corrected chi connectivity index (χ0v) is 12.1. The smallest absolute Gasteiger partial charge is 0.255 e. The molecular weight excluding hydrogens is 307 g/mol. The molecule has 0 saturated heterocycles. The molecule has 98 valence electrons. The Hall–Kier alpha value is -1.29. The molecule has 0 unspecified atom stereocenters. The van der Waals surface area contributed by atoms with Crippen molar-refractivity contribution in [3.63, 3.8) is 0 Å². The standard InChI is InChI=1S/C13H9Cl3N2O/c1-7-2-3-10(9(14)4-7)17-13(19)8-5-11(15)18-12(16)6-8/h2-6H,1H3,(H,17,19). The van der Waals surface area contributed by atoms with Crippen LogP contribution in [0.2, 0.25) is 15.3 Å². The van der Waals surface area contributed by atoms with Gasteiger partial charge in [0.15, 0.2) is 0 Å². The van der Waals surface area contributed by atoms with Gasteiger partial charge in [0.2, 0.25) is 0 Å². The Bertz CT molecular complexity index is 624. The third kappa shape index (κ3) is 3.60. The molecule has 0 aliphatic rings. The predicted octanol–water partition coefficient (Wildman–Crippen LogP) is 4.60. The van der Waals surface area contributed by atoms with E-state index in [1.54, 1.807) is 12.1 Å². The van der Waals surface area contributed by atoms with Gasteiger partial charge >= 0.3 is 0 Å². The van der Waals surface area contributed by atoms with Gasteiger partial charge < -0.3 is 5.32 Å². The lowest BCUT2D eigenvalue weighted by atomic mass is 10.2. The Morgan fingerprint density at radius 1 is 1.11 bits per heavy atom. The number of aromatic nitrogens is 1. The van der Waals surface area contributed by atoms with E-state index in [0.29, 0.717) is 16.3 Å². The highest BCUT2D eigenvalue weighted by atomic mass is 35.5. The first-order chi connectivity index (χ1) is 8.95. The normalized spacial score (nSPS) is 10.3. The molecule has 1 aromatic heterocycles. The molecule has 6 heteroatoms. The van der Waals surface area contributed by atoms with E-state index in [0.717, 1.165) is 5.56 Å². The van der Waals surface area contributed by atoms with Gasteiger partial charge in [0.05, 0.1) is 10.7 Å². The lowest BCUT2D eigenvalue weighted by Gasteiger charge is -2.08. The van der Waals surface area contributed by atoms with E-state index in [1.807, 2.05) is 13.0 Å². The van der Waals surface area contributed by atoms with Gasteiger partial charge in [-0.15, -0.1) is 0 Å². The number of carbonyl (C=O) groups is 1. The number of amides is 1. The second-order valence-electron chi connectivity index (χ2n) is 3.94. The van der Waals surface area contributed by atoms with Crippen LogP contribution < -0.4 is 5.32 Å². The molecule has 0 bridgehead atoms. The Morgan fingerprint density at radius 2 is 1.74 bits per heavy atom. The zero-order valence-electron chi connectivity index (χ0n) is 9.88. The topological polar surface area (TPSA) is 42.0 Å². The van der Waals surface area contributed by atoms with Crippen LogP contribution in [0.4, 0.5) is 5.69 Å². The maximum absolute atomic E-state index is 12.0. The van der Waals surface area contributed by atoms with Crippen LogP contribution in [0, 0.1) is 6.92 Å². The number of pyridine rings is 1. The Balaban J connectivity index is 2.25. The number of rotatable bonds is 2. The van der Waals surface area contributed by atoms with Crippen LogP contribution in [0.25, 0.3) is 0 Å². The number of hydrogen-bond acceptors (Lipinski definition) is 2. The maximum Gasteiger partial charge on any atom is 0.255 e. The molecule has 1 aromatic carbocycles. The van der Waals surface area contributed by atoms with Crippen LogP contribution in [-0.2, 0) is 0 Å². The van der Waals surface area contributed by atoms with E-state index in [-0.39, 0.29) is 16.2 Å². The summed E-state index contributed by atoms with van der Waals surface area (Å²) in [5.41, 5.74) is 1.86. The molecule has 0 spiro atoms. The number of anilines is 1. The van der Waals surface area contributed by atoms with Crippen molar-refractivity contribution in [2.45, 2.75) is 6.92 Å². The summed E-state index contributed by atoms with van der Waals surface area (Å²) in [6.07, 6.45) is 0. The van der Waals surface area contributed by atoms with E-state index < -0.39 is 0 Å². The molecule has 2 aromatic rings. The number of halogens is 3. The maximum atomic E-state index is 12.0. The summed E-state index contributed by atoms with van der Waals surface area (Å²) in [7, 11) is 0. The van der Waals surface area contributed by atoms with Crippen molar-refractivity contribution in [3.8, 4) is 0 Å². The quantitative estimate of drug-likeness (QED) is 0.823. The second-order valence-corrected chi connectivity index (χ2v) is 5.12. The molecule has 3 nitrogen and oxygen atoms in total. The SMILES string of the molecule is Cc1ccc(NC(=O)c2cc(Cl)nc(Cl)c2)c(Cl)c1. The van der Waals surface area contributed by atoms with Gasteiger partial charge in [-0.2, -0.15) is 0 Å². The number of carbonyl (C=O) groups excluding carboxylic acids is 1. The van der Waals surface area contributed by atoms with Crippen LogP contribution in [0.5, 0.6) is 0 Å². The first-order valence-corrected chi connectivity index (χ1v) is 6.49. The molecule has 0 aliphatic heterocycles. The van der Waals surface area contributed by atoms with Gasteiger partial charge in [-0.1, -0.05) is 40.9 Å². The molecule has 0 atom stereocenters. The van der Waals surface area contributed by atoms with Gasteiger partial charge in [0.1, 0.15) is 10.3 Å². The molecule has 1 N–H and O–H groups in total. The molecule has 1 heterocycles. The van der Waals surface area contributed by atoms with Crippen LogP contribution in [0.1, 0.15) is 15.9 Å². The lowest BCUT2D eigenvalue weighted by Crippen LogP contribution is -2.12. The van der Waals surface area contributed by atoms with E-state index >= 15 is 0 Å². The summed E-state index contributed by atoms with van der Waals surface area (Å²) in [6, 6.07) is 8.23. The highest BCUT2D eigenvalue weighted by Gasteiger charge is 2.10. The Kier molecular flexibility index (Phi) is 4.30. The van der Waals surface area contributed by atoms with E-state index in [4.69, 9.17) is 34.8 Å². The van der Waals surface area contributed by atoms with Gasteiger partial charge in [0.25, 0.3) is 5.91 Å². The van der Waals surface area contributed by atoms with E-state index in [9.17, 15) is 4.79 Å². The Labute approximate surface area is 125 Å². The summed E-state index contributed by atoms with van der Waals surface area (Å²) in [5.74, 6) is -0.350. The van der Waals surface area contributed by atoms with Crippen LogP contribution in [-0.4, -0.2) is 10.9 Å². The second kappa shape index (κ2) is 5.78. The number of aryl methyl sites for hydroxylation is 1. The van der Waals surface area contributed by atoms with Crippen molar-refractivity contribution in [1.82, 2.24) is 4.98 Å². The molecule has 2 rings (SSSR count). The predicted molar refractivity (Wildman–Crippen MR) is 78.4 cm³/mol. The van der Waals surface area contributed by atoms with Gasteiger partial charge in [-0.05, 0) is 36.8 Å². The minimum atomic E-state index is -0.350. The highest BCUT2D eigenvalue weighted by molar-refractivity contribution is 6.34. The van der Waals surface area contributed by atoms with E-state index in [2.05, 4.69) is 10.3 Å². The average molecular weight is 316 g/mol. The fourth-order valence-electron chi connectivity index (χ4n) is 1.51. The van der Waals surface area contributed by atoms with E-state index in [1.165, 1.54) is 12.1 Å². The Morgan fingerprint density at radius 3 is 2.32 bits per heavy atom. The molecule has 19 heavy (non-hydrogen) atoms. The average Bonchev–Trinajstić information content (AvgIpc) is 2.31. The fraction of sp³-hybridized carbons (Fsp3) is 0.0769. The fourth-order valence-corrected chi connectivity index (χ4v) is 2.25. The van der Waals surface area contributed by atoms with Gasteiger partial charge in [0, 0.05) is 5.56 Å². The van der Waals surface area contributed by atoms with Crippen molar-refractivity contribution in [1.29, 1.82) is 0 Å². The largest absolute Gasteiger partial charge is 0.321 e. The van der Waals surface area contributed by atoms with Gasteiger partial charge in [-0.3, -0.25) is 4.79 Å². The first kappa shape index (κ1) is 14.1. The number of nitrogens with zero attached hydrogens (tertiary/aromatic N) is 1. The zero-order chi connectivity index (χ0) is 14.0. The monoisotopic (exact) mass is 314 g/mol. The summed E-state index contributed by atoms with van der Waals surface area (Å²) < 4.78 is 0. The number of hydrogen-bond donors (Lipinski definition) is 1. The third-order valence-corrected chi connectivity index (χ3v) is 3.10. The van der Waals surface area contributed by atoms with Crippen molar-refractivity contribution in [2.75, 3.05) is 5.32 Å².